The van der Waals surface area contributed by atoms with Gasteiger partial charge in [0.1, 0.15) is 18.0 Å². The molecule has 0 aliphatic carbocycles. The van der Waals surface area contributed by atoms with Crippen LogP contribution < -0.4 is 19.3 Å². The average molecular weight is 460 g/mol. The summed E-state index contributed by atoms with van der Waals surface area (Å²) >= 11 is 1.42. The molecule has 8 heteroatoms. The molecule has 166 valence electrons. The molecule has 3 aromatic carbocycles. The van der Waals surface area contributed by atoms with E-state index in [-0.39, 0.29) is 25.0 Å². The highest BCUT2D eigenvalue weighted by Gasteiger charge is 2.30. The molecule has 0 saturated carbocycles. The summed E-state index contributed by atoms with van der Waals surface area (Å²) in [7, 11) is 1.62. The highest BCUT2D eigenvalue weighted by Crippen LogP contribution is 2.34. The van der Waals surface area contributed by atoms with Crippen LogP contribution in [0.15, 0.2) is 72.8 Å². The lowest BCUT2D eigenvalue weighted by molar-refractivity contribution is -0.124. The molecule has 33 heavy (non-hydrogen) atoms. The fraction of sp³-hybridized carbons (Fsp3) is 0.160. The number of rotatable bonds is 6. The number of carbonyl (C=O) groups is 2. The predicted molar refractivity (Wildman–Crippen MR) is 128 cm³/mol. The largest absolute Gasteiger partial charge is 0.497 e. The Morgan fingerprint density at radius 2 is 1.91 bits per heavy atom. The third-order valence-electron chi connectivity index (χ3n) is 5.40. The van der Waals surface area contributed by atoms with Crippen LogP contribution in [0.2, 0.25) is 0 Å². The first-order chi connectivity index (χ1) is 16.1. The Morgan fingerprint density at radius 3 is 2.73 bits per heavy atom. The number of thiazole rings is 1. The maximum absolute atomic E-state index is 13.6. The number of ether oxygens (including phenoxy) is 2. The van der Waals surface area contributed by atoms with Crippen LogP contribution in [0.5, 0.6) is 11.5 Å². The van der Waals surface area contributed by atoms with Gasteiger partial charge in [-0.1, -0.05) is 53.8 Å². The van der Waals surface area contributed by atoms with Crippen LogP contribution in [0.3, 0.4) is 0 Å². The van der Waals surface area contributed by atoms with Gasteiger partial charge >= 0.3 is 0 Å². The molecule has 0 unspecified atom stereocenters. The van der Waals surface area contributed by atoms with E-state index in [0.717, 1.165) is 21.5 Å². The van der Waals surface area contributed by atoms with Gasteiger partial charge in [-0.3, -0.25) is 19.4 Å². The molecule has 4 aromatic rings. The quantitative estimate of drug-likeness (QED) is 0.431. The van der Waals surface area contributed by atoms with Gasteiger partial charge in [0.15, 0.2) is 11.7 Å². The number of carbonyl (C=O) groups excluding carboxylic acids is 2. The summed E-state index contributed by atoms with van der Waals surface area (Å²) in [6.07, 6.45) is 0. The Morgan fingerprint density at radius 1 is 1.12 bits per heavy atom. The molecule has 0 fully saturated rings. The van der Waals surface area contributed by atoms with Crippen LogP contribution in [0, 0.1) is 0 Å². The summed E-state index contributed by atoms with van der Waals surface area (Å²) < 4.78 is 11.8. The fourth-order valence-corrected chi connectivity index (χ4v) is 4.72. The lowest BCUT2D eigenvalue weighted by Gasteiger charge is -2.30. The minimum Gasteiger partial charge on any atom is -0.497 e. The van der Waals surface area contributed by atoms with Crippen LogP contribution >= 0.6 is 11.3 Å². The van der Waals surface area contributed by atoms with Gasteiger partial charge in [0.25, 0.3) is 5.91 Å². The number of anilines is 2. The van der Waals surface area contributed by atoms with Crippen molar-refractivity contribution < 1.29 is 19.1 Å². The maximum atomic E-state index is 13.6. The van der Waals surface area contributed by atoms with Crippen molar-refractivity contribution >= 4 is 44.2 Å². The molecule has 0 bridgehead atoms. The third kappa shape index (κ3) is 4.25. The molecule has 2 amide bonds. The summed E-state index contributed by atoms with van der Waals surface area (Å²) in [5.74, 6) is 0.839. The van der Waals surface area contributed by atoms with E-state index in [0.29, 0.717) is 23.1 Å². The Hall–Kier alpha value is -3.91. The number of nitrogens with zero attached hydrogens (tertiary/aromatic N) is 3. The number of hydrogen-bond donors (Lipinski definition) is 0. The molecule has 0 atom stereocenters. The first kappa shape index (κ1) is 21.0. The zero-order chi connectivity index (χ0) is 22.8. The normalized spacial score (nSPS) is 12.9. The number of para-hydroxylation sites is 2. The van der Waals surface area contributed by atoms with E-state index in [2.05, 4.69) is 0 Å². The van der Waals surface area contributed by atoms with Crippen LogP contribution in [-0.2, 0) is 16.1 Å². The van der Waals surface area contributed by atoms with Gasteiger partial charge in [-0.05, 0) is 35.9 Å². The molecule has 7 nitrogen and oxygen atoms in total. The smallest absolute Gasteiger partial charge is 0.265 e. The number of fused-ring (bicyclic) bond motifs is 2. The zero-order valence-electron chi connectivity index (χ0n) is 17.9. The second-order valence-corrected chi connectivity index (χ2v) is 8.54. The molecule has 1 aliphatic rings. The van der Waals surface area contributed by atoms with Gasteiger partial charge in [-0.15, -0.1) is 0 Å². The van der Waals surface area contributed by atoms with Crippen molar-refractivity contribution in [1.82, 2.24) is 4.98 Å². The van der Waals surface area contributed by atoms with E-state index in [1.54, 1.807) is 24.1 Å². The van der Waals surface area contributed by atoms with Crippen molar-refractivity contribution in [2.45, 2.75) is 6.54 Å². The van der Waals surface area contributed by atoms with Gasteiger partial charge in [0, 0.05) is 0 Å². The summed E-state index contributed by atoms with van der Waals surface area (Å²) in [5, 5.41) is 0.570. The Bertz CT molecular complexity index is 1320. The monoisotopic (exact) mass is 459 g/mol. The Kier molecular flexibility index (Phi) is 5.66. The molecule has 0 saturated heterocycles. The first-order valence-corrected chi connectivity index (χ1v) is 11.2. The van der Waals surface area contributed by atoms with E-state index < -0.39 is 0 Å². The molecule has 1 aromatic heterocycles. The van der Waals surface area contributed by atoms with Crippen LogP contribution in [0.1, 0.15) is 5.56 Å². The zero-order valence-corrected chi connectivity index (χ0v) is 18.7. The topological polar surface area (TPSA) is 72.0 Å². The minimum atomic E-state index is -0.254. The molecule has 0 radical (unpaired) electrons. The summed E-state index contributed by atoms with van der Waals surface area (Å²) in [5.41, 5.74) is 2.35. The molecule has 1 aliphatic heterocycles. The fourth-order valence-electron chi connectivity index (χ4n) is 3.71. The summed E-state index contributed by atoms with van der Waals surface area (Å²) in [4.78, 5) is 34.0. The summed E-state index contributed by atoms with van der Waals surface area (Å²) in [6.45, 7) is 0.145. The van der Waals surface area contributed by atoms with E-state index in [9.17, 15) is 9.59 Å². The van der Waals surface area contributed by atoms with Crippen LogP contribution in [0.4, 0.5) is 10.8 Å². The van der Waals surface area contributed by atoms with Crippen molar-refractivity contribution in [1.29, 1.82) is 0 Å². The van der Waals surface area contributed by atoms with Gasteiger partial charge in [0.05, 0.1) is 29.6 Å². The van der Waals surface area contributed by atoms with Gasteiger partial charge < -0.3 is 9.47 Å². The second-order valence-electron chi connectivity index (χ2n) is 7.53. The van der Waals surface area contributed by atoms with Crippen molar-refractivity contribution in [2.75, 3.05) is 30.1 Å². The molecule has 2 heterocycles. The average Bonchev–Trinajstić information content (AvgIpc) is 3.27. The van der Waals surface area contributed by atoms with E-state index in [4.69, 9.17) is 14.5 Å². The first-order valence-electron chi connectivity index (χ1n) is 10.4. The highest BCUT2D eigenvalue weighted by molar-refractivity contribution is 7.22. The van der Waals surface area contributed by atoms with E-state index >= 15 is 0 Å². The Labute approximate surface area is 194 Å². The lowest BCUT2D eigenvalue weighted by atomic mass is 10.2. The van der Waals surface area contributed by atoms with Crippen molar-refractivity contribution in [3.05, 3.63) is 78.4 Å². The number of benzene rings is 3. The third-order valence-corrected chi connectivity index (χ3v) is 6.44. The van der Waals surface area contributed by atoms with Crippen molar-refractivity contribution in [2.24, 2.45) is 0 Å². The van der Waals surface area contributed by atoms with Gasteiger partial charge in [-0.2, -0.15) is 0 Å². The van der Waals surface area contributed by atoms with Crippen LogP contribution in [0.25, 0.3) is 10.2 Å². The van der Waals surface area contributed by atoms with Gasteiger partial charge in [-0.25, -0.2) is 4.98 Å². The van der Waals surface area contributed by atoms with E-state index in [1.165, 1.54) is 16.2 Å². The summed E-state index contributed by atoms with van der Waals surface area (Å²) in [6, 6.07) is 22.6. The molecule has 5 rings (SSSR count). The molecule has 0 spiro atoms. The number of amides is 2. The minimum absolute atomic E-state index is 0.0933. The number of hydrogen-bond acceptors (Lipinski definition) is 6. The number of aromatic nitrogens is 1. The highest BCUT2D eigenvalue weighted by atomic mass is 32.1. The lowest BCUT2D eigenvalue weighted by Crippen LogP contribution is -2.46. The molecular formula is C25H21N3O4S. The van der Waals surface area contributed by atoms with Gasteiger partial charge in [0.2, 0.25) is 5.91 Å². The maximum Gasteiger partial charge on any atom is 0.265 e. The van der Waals surface area contributed by atoms with Crippen molar-refractivity contribution in [3.8, 4) is 11.5 Å². The van der Waals surface area contributed by atoms with Crippen LogP contribution in [-0.4, -0.2) is 37.1 Å². The second kappa shape index (κ2) is 8.91. The Balaban J connectivity index is 1.49. The van der Waals surface area contributed by atoms with Crippen molar-refractivity contribution in [3.63, 3.8) is 0 Å². The SMILES string of the molecule is COc1ccc2nc(N(Cc3ccccc3)C(=O)CN3C(=O)COc4ccccc43)sc2c1. The molecular weight excluding hydrogens is 438 g/mol. The standard InChI is InChI=1S/C25H21N3O4S/c1-31-18-11-12-19-22(13-18)33-25(26-19)28(14-17-7-3-2-4-8-17)23(29)15-27-20-9-5-6-10-21(20)32-16-24(27)30/h2-13H,14-16H2,1H3. The predicted octanol–water partition coefficient (Wildman–Crippen LogP) is 4.26. The number of methoxy groups -OCH3 is 1. The molecule has 0 N–H and O–H groups in total. The van der Waals surface area contributed by atoms with E-state index in [1.807, 2.05) is 60.7 Å².